The van der Waals surface area contributed by atoms with Crippen LogP contribution in [0.2, 0.25) is 0 Å². The molecule has 5 heteroatoms. The Morgan fingerprint density at radius 2 is 2.25 bits per heavy atom. The molecule has 0 aromatic rings. The summed E-state index contributed by atoms with van der Waals surface area (Å²) in [6.45, 7) is 2.59. The molecule has 2 atom stereocenters. The lowest BCUT2D eigenvalue weighted by molar-refractivity contribution is 0.199. The van der Waals surface area contributed by atoms with Gasteiger partial charge in [0.1, 0.15) is 6.23 Å². The Morgan fingerprint density at radius 1 is 1.88 bits per heavy atom. The van der Waals surface area contributed by atoms with Crippen LogP contribution in [0.15, 0.2) is 0 Å². The summed E-state index contributed by atoms with van der Waals surface area (Å²) < 4.78 is 14.6. The second kappa shape index (κ2) is 2.60. The van der Waals surface area contributed by atoms with Crippen molar-refractivity contribution in [2.75, 3.05) is 6.66 Å². The third-order valence-corrected chi connectivity index (χ3v) is 1.09. The number of rotatable bonds is 2. The largest absolute Gasteiger partial charge is 0.326 e. The molecule has 3 N–H and O–H groups in total. The molecule has 0 saturated heterocycles. The van der Waals surface area contributed by atoms with E-state index in [0.29, 0.717) is 0 Å². The zero-order valence-corrected chi connectivity index (χ0v) is 5.76. The van der Waals surface area contributed by atoms with Crippen molar-refractivity contribution in [3.05, 3.63) is 0 Å². The Balaban J connectivity index is 3.56. The molecule has 0 aliphatic carbocycles. The van der Waals surface area contributed by atoms with Crippen molar-refractivity contribution in [1.82, 2.24) is 0 Å². The maximum absolute atomic E-state index is 10.3. The summed E-state index contributed by atoms with van der Waals surface area (Å²) in [4.78, 5) is 8.44. The summed E-state index contributed by atoms with van der Waals surface area (Å²) in [5.74, 6) is 0. The third-order valence-electron chi connectivity index (χ3n) is 0.362. The summed E-state index contributed by atoms with van der Waals surface area (Å²) in [5.41, 5.74) is 5.02. The molecule has 0 bridgehead atoms. The molecule has 4 nitrogen and oxygen atoms in total. The van der Waals surface area contributed by atoms with E-state index in [-0.39, 0.29) is 0 Å². The van der Waals surface area contributed by atoms with Crippen LogP contribution in [0.3, 0.4) is 0 Å². The van der Waals surface area contributed by atoms with Crippen LogP contribution in [0.25, 0.3) is 0 Å². The molecular formula is C3H10NO3P. The number of nitrogens with two attached hydrogens (primary N) is 1. The molecule has 0 aliphatic rings. The molecule has 0 saturated carbocycles. The van der Waals surface area contributed by atoms with E-state index in [4.69, 9.17) is 10.6 Å². The van der Waals surface area contributed by atoms with Crippen LogP contribution >= 0.6 is 7.60 Å². The van der Waals surface area contributed by atoms with Gasteiger partial charge in [0.2, 0.25) is 0 Å². The zero-order valence-electron chi connectivity index (χ0n) is 4.87. The minimum atomic E-state index is -3.35. The molecular weight excluding hydrogens is 129 g/mol. The minimum Gasteiger partial charge on any atom is -0.324 e. The Labute approximate surface area is 48.2 Å². The van der Waals surface area contributed by atoms with E-state index in [1.54, 1.807) is 0 Å². The van der Waals surface area contributed by atoms with Crippen LogP contribution in [0.5, 0.6) is 0 Å². The standard InChI is InChI=1S/C3H10NO3P/c1-3(4)7-8(2,5)6/h3H,4H2,1-2H3,(H,5,6). The molecule has 50 valence electrons. The normalized spacial score (nSPS) is 22.0. The van der Waals surface area contributed by atoms with Crippen molar-refractivity contribution >= 4 is 7.60 Å². The Morgan fingerprint density at radius 3 is 2.25 bits per heavy atom. The Bertz CT molecular complexity index is 107. The summed E-state index contributed by atoms with van der Waals surface area (Å²) in [5, 5.41) is 0. The highest BCUT2D eigenvalue weighted by atomic mass is 31.2. The van der Waals surface area contributed by atoms with Crippen molar-refractivity contribution in [3.63, 3.8) is 0 Å². The second-order valence-electron chi connectivity index (χ2n) is 1.61. The maximum Gasteiger partial charge on any atom is 0.326 e. The van der Waals surface area contributed by atoms with Crippen LogP contribution in [0.4, 0.5) is 0 Å². The van der Waals surface area contributed by atoms with Gasteiger partial charge in [-0.25, -0.2) is 0 Å². The summed E-state index contributed by atoms with van der Waals surface area (Å²) in [6.07, 6.45) is -0.671. The fourth-order valence-corrected chi connectivity index (χ4v) is 0.926. The van der Waals surface area contributed by atoms with E-state index in [1.807, 2.05) is 0 Å². The topological polar surface area (TPSA) is 72.5 Å². The van der Waals surface area contributed by atoms with E-state index in [1.165, 1.54) is 6.92 Å². The van der Waals surface area contributed by atoms with Crippen molar-refractivity contribution < 1.29 is 14.0 Å². The van der Waals surface area contributed by atoms with Crippen LogP contribution in [-0.2, 0) is 9.09 Å². The first-order chi connectivity index (χ1) is 3.42. The average molecular weight is 139 g/mol. The van der Waals surface area contributed by atoms with Gasteiger partial charge in [-0.2, -0.15) is 0 Å². The first-order valence-corrected chi connectivity index (χ1v) is 4.18. The van der Waals surface area contributed by atoms with Gasteiger partial charge in [-0.15, -0.1) is 0 Å². The minimum absolute atomic E-state index is 0.671. The molecule has 2 unspecified atom stereocenters. The van der Waals surface area contributed by atoms with Gasteiger partial charge in [0.15, 0.2) is 0 Å². The van der Waals surface area contributed by atoms with Gasteiger partial charge < -0.3 is 10.6 Å². The molecule has 0 aromatic heterocycles. The highest BCUT2D eigenvalue weighted by Gasteiger charge is 2.11. The van der Waals surface area contributed by atoms with Gasteiger partial charge in [0, 0.05) is 6.66 Å². The van der Waals surface area contributed by atoms with Crippen molar-refractivity contribution in [1.29, 1.82) is 0 Å². The summed E-state index contributed by atoms with van der Waals surface area (Å²) in [7, 11) is -3.35. The molecule has 0 heterocycles. The molecule has 0 aliphatic heterocycles. The zero-order chi connectivity index (χ0) is 6.78. The summed E-state index contributed by atoms with van der Waals surface area (Å²) in [6, 6.07) is 0. The molecule has 0 fully saturated rings. The van der Waals surface area contributed by atoms with Crippen LogP contribution in [-0.4, -0.2) is 17.8 Å². The van der Waals surface area contributed by atoms with Gasteiger partial charge >= 0.3 is 7.60 Å². The Hall–Kier alpha value is 0.110. The predicted molar refractivity (Wildman–Crippen MR) is 30.5 cm³/mol. The van der Waals surface area contributed by atoms with E-state index < -0.39 is 13.8 Å². The van der Waals surface area contributed by atoms with E-state index in [2.05, 4.69) is 4.52 Å². The smallest absolute Gasteiger partial charge is 0.324 e. The van der Waals surface area contributed by atoms with Gasteiger partial charge in [-0.3, -0.25) is 9.09 Å². The third kappa shape index (κ3) is 6.11. The molecule has 0 aromatic carbocycles. The van der Waals surface area contributed by atoms with Gasteiger partial charge in [0.05, 0.1) is 0 Å². The lowest BCUT2D eigenvalue weighted by Crippen LogP contribution is -2.16. The average Bonchev–Trinajstić information content (AvgIpc) is 1.21. The first kappa shape index (κ1) is 8.11. The van der Waals surface area contributed by atoms with E-state index in [9.17, 15) is 4.57 Å². The fraction of sp³-hybridized carbons (Fsp3) is 1.00. The predicted octanol–water partition coefficient (Wildman–Crippen LogP) is 0.123. The lowest BCUT2D eigenvalue weighted by atomic mass is 10.7. The van der Waals surface area contributed by atoms with Gasteiger partial charge in [0.25, 0.3) is 0 Å². The molecule has 8 heavy (non-hydrogen) atoms. The van der Waals surface area contributed by atoms with Crippen molar-refractivity contribution in [2.45, 2.75) is 13.2 Å². The molecule has 0 amide bonds. The van der Waals surface area contributed by atoms with Crippen LogP contribution in [0, 0.1) is 0 Å². The quantitative estimate of drug-likeness (QED) is 0.421. The van der Waals surface area contributed by atoms with Crippen LogP contribution < -0.4 is 5.73 Å². The van der Waals surface area contributed by atoms with Crippen molar-refractivity contribution in [3.8, 4) is 0 Å². The molecule has 0 spiro atoms. The highest BCUT2D eigenvalue weighted by molar-refractivity contribution is 7.51. The number of hydrogen-bond acceptors (Lipinski definition) is 3. The molecule has 0 rings (SSSR count). The first-order valence-electron chi connectivity index (χ1n) is 2.16. The highest BCUT2D eigenvalue weighted by Crippen LogP contribution is 2.36. The molecule has 0 radical (unpaired) electrons. The van der Waals surface area contributed by atoms with Crippen LogP contribution in [0.1, 0.15) is 6.92 Å². The van der Waals surface area contributed by atoms with E-state index >= 15 is 0 Å². The SMILES string of the molecule is CC(N)OP(C)(=O)O. The maximum atomic E-state index is 10.3. The fourth-order valence-electron chi connectivity index (χ4n) is 0.309. The monoisotopic (exact) mass is 139 g/mol. The second-order valence-corrected chi connectivity index (χ2v) is 3.43. The number of hydrogen-bond donors (Lipinski definition) is 2. The lowest BCUT2D eigenvalue weighted by Gasteiger charge is -2.08. The van der Waals surface area contributed by atoms with E-state index in [0.717, 1.165) is 6.66 Å². The van der Waals surface area contributed by atoms with Gasteiger partial charge in [-0.1, -0.05) is 0 Å². The van der Waals surface area contributed by atoms with Gasteiger partial charge in [-0.05, 0) is 6.92 Å². The summed E-state index contributed by atoms with van der Waals surface area (Å²) >= 11 is 0. The Kier molecular flexibility index (Phi) is 2.63. The van der Waals surface area contributed by atoms with Crippen molar-refractivity contribution in [2.24, 2.45) is 5.73 Å².